The highest BCUT2D eigenvalue weighted by atomic mass is 16.4. The van der Waals surface area contributed by atoms with Crippen LogP contribution in [0.1, 0.15) is 16.2 Å². The lowest BCUT2D eigenvalue weighted by Gasteiger charge is -1.96. The van der Waals surface area contributed by atoms with Crippen LogP contribution in [0.4, 0.5) is 0 Å². The Labute approximate surface area is 72.9 Å². The Morgan fingerprint density at radius 3 is 2.54 bits per heavy atom. The number of aromatic carboxylic acids is 1. The predicted molar refractivity (Wildman–Crippen MR) is 40.3 cm³/mol. The summed E-state index contributed by atoms with van der Waals surface area (Å²) in [4.78, 5) is 27.7. The quantitative estimate of drug-likeness (QED) is 0.671. The number of hydrogen-bond donors (Lipinski definition) is 2. The van der Waals surface area contributed by atoms with E-state index in [-0.39, 0.29) is 17.8 Å². The van der Waals surface area contributed by atoms with Crippen LogP contribution in [0.15, 0.2) is 12.4 Å². The molecule has 0 aliphatic carbocycles. The van der Waals surface area contributed by atoms with E-state index in [0.29, 0.717) is 0 Å². The Kier molecular flexibility index (Phi) is 2.53. The van der Waals surface area contributed by atoms with Crippen molar-refractivity contribution in [2.24, 2.45) is 0 Å². The number of hydrogen-bond acceptors (Lipinski definition) is 4. The number of rotatable bonds is 3. The number of carboxylic acid groups (broad SMARTS) is 2. The van der Waals surface area contributed by atoms with Gasteiger partial charge in [0.1, 0.15) is 0 Å². The fourth-order valence-corrected chi connectivity index (χ4v) is 0.750. The predicted octanol–water partition coefficient (Wildman–Crippen LogP) is -0.198. The molecule has 68 valence electrons. The van der Waals surface area contributed by atoms with Crippen molar-refractivity contribution >= 4 is 11.9 Å². The van der Waals surface area contributed by atoms with E-state index in [2.05, 4.69) is 9.97 Å². The van der Waals surface area contributed by atoms with Gasteiger partial charge in [-0.25, -0.2) is 9.78 Å². The minimum absolute atomic E-state index is 0.132. The van der Waals surface area contributed by atoms with Gasteiger partial charge in [0, 0.05) is 6.20 Å². The molecule has 6 heteroatoms. The van der Waals surface area contributed by atoms with E-state index in [1.54, 1.807) is 0 Å². The van der Waals surface area contributed by atoms with Gasteiger partial charge in [0.15, 0.2) is 5.69 Å². The highest BCUT2D eigenvalue weighted by Crippen LogP contribution is 1.97. The van der Waals surface area contributed by atoms with Crippen molar-refractivity contribution in [3.63, 3.8) is 0 Å². The first-order valence-electron chi connectivity index (χ1n) is 3.35. The van der Waals surface area contributed by atoms with E-state index in [1.807, 2.05) is 0 Å². The van der Waals surface area contributed by atoms with E-state index in [1.165, 1.54) is 6.20 Å². The van der Waals surface area contributed by atoms with Crippen molar-refractivity contribution < 1.29 is 19.8 Å². The maximum absolute atomic E-state index is 10.4. The van der Waals surface area contributed by atoms with E-state index >= 15 is 0 Å². The molecule has 13 heavy (non-hydrogen) atoms. The third kappa shape index (κ3) is 2.51. The smallest absolute Gasteiger partial charge is 0.356 e. The Bertz CT molecular complexity index is 350. The zero-order valence-corrected chi connectivity index (χ0v) is 6.47. The lowest BCUT2D eigenvalue weighted by Crippen LogP contribution is -2.07. The van der Waals surface area contributed by atoms with Crippen LogP contribution in [0, 0.1) is 0 Å². The first-order chi connectivity index (χ1) is 6.09. The van der Waals surface area contributed by atoms with Gasteiger partial charge in [-0.05, 0) is 0 Å². The summed E-state index contributed by atoms with van der Waals surface area (Å²) in [6.07, 6.45) is 1.96. The van der Waals surface area contributed by atoms with Gasteiger partial charge in [-0.2, -0.15) is 0 Å². The van der Waals surface area contributed by atoms with Crippen molar-refractivity contribution in [1.29, 1.82) is 0 Å². The van der Waals surface area contributed by atoms with Gasteiger partial charge >= 0.3 is 11.9 Å². The highest BCUT2D eigenvalue weighted by Gasteiger charge is 2.07. The van der Waals surface area contributed by atoms with Gasteiger partial charge in [-0.15, -0.1) is 0 Å². The summed E-state index contributed by atoms with van der Waals surface area (Å²) in [5.74, 6) is -2.29. The summed E-state index contributed by atoms with van der Waals surface area (Å²) < 4.78 is 0. The molecule has 0 unspecified atom stereocenters. The fraction of sp³-hybridized carbons (Fsp3) is 0.143. The second-order valence-electron chi connectivity index (χ2n) is 2.27. The maximum Gasteiger partial charge on any atom is 0.356 e. The number of aromatic nitrogens is 2. The van der Waals surface area contributed by atoms with Crippen molar-refractivity contribution in [1.82, 2.24) is 9.97 Å². The molecule has 0 atom stereocenters. The van der Waals surface area contributed by atoms with Crippen LogP contribution in [0.5, 0.6) is 0 Å². The largest absolute Gasteiger partial charge is 0.481 e. The first-order valence-corrected chi connectivity index (χ1v) is 3.35. The van der Waals surface area contributed by atoms with E-state index < -0.39 is 11.9 Å². The standard InChI is InChI=1S/C7H6N2O4/c10-6(11)1-4-2-8-3-5(9-4)7(12)13/h2-3H,1H2,(H,10,11)(H,12,13). The van der Waals surface area contributed by atoms with Gasteiger partial charge in [-0.3, -0.25) is 9.78 Å². The van der Waals surface area contributed by atoms with Crippen molar-refractivity contribution in [3.05, 3.63) is 23.8 Å². The van der Waals surface area contributed by atoms with Crippen LogP contribution < -0.4 is 0 Å². The van der Waals surface area contributed by atoms with E-state index in [4.69, 9.17) is 10.2 Å². The molecule has 2 N–H and O–H groups in total. The van der Waals surface area contributed by atoms with Gasteiger partial charge in [0.05, 0.1) is 18.3 Å². The third-order valence-electron chi connectivity index (χ3n) is 1.24. The van der Waals surface area contributed by atoms with Gasteiger partial charge in [0.2, 0.25) is 0 Å². The normalized spacial score (nSPS) is 9.54. The number of carboxylic acids is 2. The Morgan fingerprint density at radius 1 is 1.31 bits per heavy atom. The molecule has 0 aromatic carbocycles. The molecular formula is C7H6N2O4. The molecule has 1 aromatic heterocycles. The van der Waals surface area contributed by atoms with Crippen molar-refractivity contribution in [2.75, 3.05) is 0 Å². The van der Waals surface area contributed by atoms with Gasteiger partial charge in [0.25, 0.3) is 0 Å². The Hall–Kier alpha value is -1.98. The molecule has 1 heterocycles. The van der Waals surface area contributed by atoms with Crippen LogP contribution in [-0.4, -0.2) is 32.1 Å². The van der Waals surface area contributed by atoms with Crippen LogP contribution >= 0.6 is 0 Å². The average molecular weight is 182 g/mol. The van der Waals surface area contributed by atoms with E-state index in [0.717, 1.165) is 6.20 Å². The highest BCUT2D eigenvalue weighted by molar-refractivity contribution is 5.85. The average Bonchev–Trinajstić information content (AvgIpc) is 2.03. The minimum atomic E-state index is -1.22. The second kappa shape index (κ2) is 3.61. The minimum Gasteiger partial charge on any atom is -0.481 e. The van der Waals surface area contributed by atoms with Crippen LogP contribution in [-0.2, 0) is 11.2 Å². The van der Waals surface area contributed by atoms with Gasteiger partial charge < -0.3 is 10.2 Å². The van der Waals surface area contributed by atoms with Crippen molar-refractivity contribution in [2.45, 2.75) is 6.42 Å². The topological polar surface area (TPSA) is 100 Å². The zero-order valence-electron chi connectivity index (χ0n) is 6.47. The number of aliphatic carboxylic acids is 1. The molecule has 0 saturated heterocycles. The molecule has 0 spiro atoms. The molecule has 6 nitrogen and oxygen atoms in total. The molecule has 0 fully saturated rings. The molecule has 0 saturated carbocycles. The summed E-state index contributed by atoms with van der Waals surface area (Å²) >= 11 is 0. The van der Waals surface area contributed by atoms with Gasteiger partial charge in [-0.1, -0.05) is 0 Å². The second-order valence-corrected chi connectivity index (χ2v) is 2.27. The third-order valence-corrected chi connectivity index (χ3v) is 1.24. The number of carbonyl (C=O) groups is 2. The summed E-state index contributed by atoms with van der Waals surface area (Å²) in [6.45, 7) is 0. The molecule has 1 rings (SSSR count). The Morgan fingerprint density at radius 2 is 2.00 bits per heavy atom. The first kappa shape index (κ1) is 9.11. The molecule has 0 aliphatic rings. The number of nitrogens with zero attached hydrogens (tertiary/aromatic N) is 2. The van der Waals surface area contributed by atoms with E-state index in [9.17, 15) is 9.59 Å². The molecule has 0 radical (unpaired) electrons. The zero-order chi connectivity index (χ0) is 9.84. The summed E-state index contributed by atoms with van der Waals surface area (Å²) in [7, 11) is 0. The van der Waals surface area contributed by atoms with Crippen LogP contribution in [0.2, 0.25) is 0 Å². The molecule has 0 bridgehead atoms. The summed E-state index contributed by atoms with van der Waals surface area (Å²) in [6, 6.07) is 0. The summed E-state index contributed by atoms with van der Waals surface area (Å²) in [5, 5.41) is 16.9. The fourth-order valence-electron chi connectivity index (χ4n) is 0.750. The van der Waals surface area contributed by atoms with Crippen LogP contribution in [0.25, 0.3) is 0 Å². The molecule has 0 amide bonds. The SMILES string of the molecule is O=C(O)Cc1cncc(C(=O)O)n1. The molecular weight excluding hydrogens is 176 g/mol. The molecule has 1 aromatic rings. The summed E-state index contributed by atoms with van der Waals surface area (Å²) in [5.41, 5.74) is -0.119. The monoisotopic (exact) mass is 182 g/mol. The lowest BCUT2D eigenvalue weighted by atomic mass is 10.3. The lowest BCUT2D eigenvalue weighted by molar-refractivity contribution is -0.136. The molecule has 0 aliphatic heterocycles. The Balaban J connectivity index is 2.91. The van der Waals surface area contributed by atoms with Crippen molar-refractivity contribution in [3.8, 4) is 0 Å². The van der Waals surface area contributed by atoms with Crippen LogP contribution in [0.3, 0.4) is 0 Å². The maximum atomic E-state index is 10.4.